The molecule has 0 bridgehead atoms. The predicted molar refractivity (Wildman–Crippen MR) is 75.9 cm³/mol. The smallest absolute Gasteiger partial charge is 0.407 e. The summed E-state index contributed by atoms with van der Waals surface area (Å²) in [6.07, 6.45) is 4.26. The standard InChI is InChI=1S/C13H25NO5S/c1-13(2,3)19-12(15)14-11-8-6-5-7-10(11)9-18-20(4,16)17/h10-11H,5-9H2,1-4H3,(H,14,15)/t10-,11?/m1/s1. The summed E-state index contributed by atoms with van der Waals surface area (Å²) in [5, 5.41) is 2.83. The Morgan fingerprint density at radius 1 is 1.25 bits per heavy atom. The van der Waals surface area contributed by atoms with Crippen LogP contribution in [0.2, 0.25) is 0 Å². The summed E-state index contributed by atoms with van der Waals surface area (Å²) < 4.78 is 32.2. The molecule has 6 nitrogen and oxygen atoms in total. The lowest BCUT2D eigenvalue weighted by atomic mass is 9.85. The first-order chi connectivity index (χ1) is 9.07. The van der Waals surface area contributed by atoms with Crippen LogP contribution in [0, 0.1) is 5.92 Å². The van der Waals surface area contributed by atoms with E-state index in [1.54, 1.807) is 20.8 Å². The van der Waals surface area contributed by atoms with Gasteiger partial charge in [0.2, 0.25) is 0 Å². The monoisotopic (exact) mass is 307 g/mol. The number of ether oxygens (including phenoxy) is 1. The molecule has 7 heteroatoms. The van der Waals surface area contributed by atoms with E-state index in [1.807, 2.05) is 0 Å². The van der Waals surface area contributed by atoms with Gasteiger partial charge in [-0.25, -0.2) is 4.79 Å². The minimum atomic E-state index is -3.45. The van der Waals surface area contributed by atoms with Crippen molar-refractivity contribution in [3.63, 3.8) is 0 Å². The number of amides is 1. The third-order valence-corrected chi connectivity index (χ3v) is 3.67. The Balaban J connectivity index is 2.54. The van der Waals surface area contributed by atoms with Gasteiger partial charge in [-0.05, 0) is 33.6 Å². The van der Waals surface area contributed by atoms with Crippen molar-refractivity contribution in [3.8, 4) is 0 Å². The van der Waals surface area contributed by atoms with Crippen LogP contribution in [0.5, 0.6) is 0 Å². The van der Waals surface area contributed by atoms with Crippen LogP contribution in [-0.2, 0) is 19.0 Å². The maximum Gasteiger partial charge on any atom is 0.407 e. The molecule has 1 unspecified atom stereocenters. The van der Waals surface area contributed by atoms with E-state index in [9.17, 15) is 13.2 Å². The van der Waals surface area contributed by atoms with Gasteiger partial charge in [-0.2, -0.15) is 8.42 Å². The Kier molecular flexibility index (Phi) is 5.82. The van der Waals surface area contributed by atoms with Crippen molar-refractivity contribution in [3.05, 3.63) is 0 Å². The van der Waals surface area contributed by atoms with E-state index in [2.05, 4.69) is 5.32 Å². The van der Waals surface area contributed by atoms with E-state index in [1.165, 1.54) is 0 Å². The second-order valence-corrected chi connectivity index (χ2v) is 7.93. The molecule has 0 aromatic heterocycles. The largest absolute Gasteiger partial charge is 0.444 e. The number of hydrogen-bond acceptors (Lipinski definition) is 5. The number of carbonyl (C=O) groups excluding carboxylic acids is 1. The quantitative estimate of drug-likeness (QED) is 0.804. The van der Waals surface area contributed by atoms with Gasteiger partial charge in [-0.3, -0.25) is 4.18 Å². The summed E-state index contributed by atoms with van der Waals surface area (Å²) >= 11 is 0. The van der Waals surface area contributed by atoms with Crippen LogP contribution in [-0.4, -0.2) is 39.0 Å². The molecule has 1 aliphatic carbocycles. The van der Waals surface area contributed by atoms with Crippen LogP contribution in [0.15, 0.2) is 0 Å². The van der Waals surface area contributed by atoms with Crippen molar-refractivity contribution in [2.24, 2.45) is 5.92 Å². The predicted octanol–water partition coefficient (Wildman–Crippen LogP) is 2.05. The molecule has 0 heterocycles. The zero-order chi connectivity index (χ0) is 15.4. The molecule has 0 aromatic rings. The molecule has 2 atom stereocenters. The van der Waals surface area contributed by atoms with Gasteiger partial charge in [-0.1, -0.05) is 12.8 Å². The molecule has 0 aromatic carbocycles. The zero-order valence-corrected chi connectivity index (χ0v) is 13.5. The molecule has 20 heavy (non-hydrogen) atoms. The lowest BCUT2D eigenvalue weighted by Gasteiger charge is -2.32. The summed E-state index contributed by atoms with van der Waals surface area (Å²) in [5.74, 6) is 0.00555. The lowest BCUT2D eigenvalue weighted by molar-refractivity contribution is 0.0453. The Bertz CT molecular complexity index is 427. The molecule has 1 N–H and O–H groups in total. The summed E-state index contributed by atoms with van der Waals surface area (Å²) in [6, 6.07) is -0.0969. The van der Waals surface area contributed by atoms with Crippen molar-refractivity contribution >= 4 is 16.2 Å². The molecule has 0 aliphatic heterocycles. The number of hydrogen-bond donors (Lipinski definition) is 1. The molecule has 1 saturated carbocycles. The highest BCUT2D eigenvalue weighted by molar-refractivity contribution is 7.85. The lowest BCUT2D eigenvalue weighted by Crippen LogP contribution is -2.45. The molecule has 0 spiro atoms. The van der Waals surface area contributed by atoms with Crippen molar-refractivity contribution in [1.29, 1.82) is 0 Å². The average Bonchev–Trinajstić information content (AvgIpc) is 2.24. The van der Waals surface area contributed by atoms with Crippen LogP contribution in [0.25, 0.3) is 0 Å². The Morgan fingerprint density at radius 3 is 2.40 bits per heavy atom. The second-order valence-electron chi connectivity index (χ2n) is 6.29. The van der Waals surface area contributed by atoms with E-state index in [0.29, 0.717) is 0 Å². The van der Waals surface area contributed by atoms with Gasteiger partial charge >= 0.3 is 6.09 Å². The second kappa shape index (κ2) is 6.76. The van der Waals surface area contributed by atoms with Crippen LogP contribution in [0.3, 0.4) is 0 Å². The highest BCUT2D eigenvalue weighted by atomic mass is 32.2. The van der Waals surface area contributed by atoms with Gasteiger partial charge in [0.15, 0.2) is 0 Å². The molecule has 1 rings (SSSR count). The minimum Gasteiger partial charge on any atom is -0.444 e. The van der Waals surface area contributed by atoms with Gasteiger partial charge in [0.05, 0.1) is 12.9 Å². The number of alkyl carbamates (subject to hydrolysis) is 1. The first-order valence-electron chi connectivity index (χ1n) is 6.91. The summed E-state index contributed by atoms with van der Waals surface area (Å²) in [6.45, 7) is 5.52. The van der Waals surface area contributed by atoms with Crippen molar-refractivity contribution in [2.45, 2.75) is 58.1 Å². The molecule has 0 radical (unpaired) electrons. The topological polar surface area (TPSA) is 81.7 Å². The normalized spacial score (nSPS) is 24.2. The van der Waals surface area contributed by atoms with Crippen LogP contribution in [0.4, 0.5) is 4.79 Å². The molecule has 1 amide bonds. The number of carbonyl (C=O) groups is 1. The van der Waals surface area contributed by atoms with Crippen molar-refractivity contribution < 1.29 is 22.1 Å². The fourth-order valence-electron chi connectivity index (χ4n) is 2.27. The minimum absolute atomic E-state index is 0.00555. The van der Waals surface area contributed by atoms with Gasteiger partial charge in [0, 0.05) is 12.0 Å². The third-order valence-electron chi connectivity index (χ3n) is 3.11. The van der Waals surface area contributed by atoms with Crippen LogP contribution < -0.4 is 5.32 Å². The third kappa shape index (κ3) is 7.09. The maximum atomic E-state index is 11.8. The van der Waals surface area contributed by atoms with E-state index in [0.717, 1.165) is 31.9 Å². The van der Waals surface area contributed by atoms with E-state index in [-0.39, 0.29) is 18.6 Å². The number of rotatable bonds is 4. The fraction of sp³-hybridized carbons (Fsp3) is 0.923. The Hall–Kier alpha value is -0.820. The van der Waals surface area contributed by atoms with Gasteiger partial charge < -0.3 is 10.1 Å². The fourth-order valence-corrected chi connectivity index (χ4v) is 2.69. The first-order valence-corrected chi connectivity index (χ1v) is 8.72. The summed E-state index contributed by atoms with van der Waals surface area (Å²) in [5.41, 5.74) is -0.544. The number of nitrogens with one attached hydrogen (secondary N) is 1. The molecule has 0 saturated heterocycles. The summed E-state index contributed by atoms with van der Waals surface area (Å²) in [4.78, 5) is 11.8. The molecular weight excluding hydrogens is 282 g/mol. The first kappa shape index (κ1) is 17.2. The molecule has 1 fully saturated rings. The molecule has 118 valence electrons. The Labute approximate surface area is 121 Å². The van der Waals surface area contributed by atoms with Crippen molar-refractivity contribution in [1.82, 2.24) is 5.32 Å². The van der Waals surface area contributed by atoms with Gasteiger partial charge in [-0.15, -0.1) is 0 Å². The van der Waals surface area contributed by atoms with E-state index in [4.69, 9.17) is 8.92 Å². The zero-order valence-electron chi connectivity index (χ0n) is 12.6. The maximum absolute atomic E-state index is 11.8. The average molecular weight is 307 g/mol. The summed E-state index contributed by atoms with van der Waals surface area (Å²) in [7, 11) is -3.45. The SMILES string of the molecule is CC(C)(C)OC(=O)NC1CCCC[C@@H]1COS(C)(=O)=O. The Morgan fingerprint density at radius 2 is 1.85 bits per heavy atom. The van der Waals surface area contributed by atoms with Gasteiger partial charge in [0.25, 0.3) is 10.1 Å². The van der Waals surface area contributed by atoms with Gasteiger partial charge in [0.1, 0.15) is 5.60 Å². The highest BCUT2D eigenvalue weighted by Gasteiger charge is 2.29. The van der Waals surface area contributed by atoms with E-state index < -0.39 is 21.8 Å². The highest BCUT2D eigenvalue weighted by Crippen LogP contribution is 2.25. The van der Waals surface area contributed by atoms with Crippen LogP contribution in [0.1, 0.15) is 46.5 Å². The van der Waals surface area contributed by atoms with Crippen LogP contribution >= 0.6 is 0 Å². The van der Waals surface area contributed by atoms with Crippen molar-refractivity contribution in [2.75, 3.05) is 12.9 Å². The molecule has 1 aliphatic rings. The van der Waals surface area contributed by atoms with E-state index >= 15 is 0 Å². The molecular formula is C13H25NO5S.